The van der Waals surface area contributed by atoms with Gasteiger partial charge in [-0.3, -0.25) is 4.79 Å². The lowest BCUT2D eigenvalue weighted by molar-refractivity contribution is -0.146. The lowest BCUT2D eigenvalue weighted by Crippen LogP contribution is -2.52. The van der Waals surface area contributed by atoms with Crippen molar-refractivity contribution >= 4 is 5.91 Å². The van der Waals surface area contributed by atoms with Crippen LogP contribution in [0.5, 0.6) is 0 Å². The predicted octanol–water partition coefficient (Wildman–Crippen LogP) is 0.475. The molecule has 5 nitrogen and oxygen atoms in total. The lowest BCUT2D eigenvalue weighted by atomic mass is 9.97. The molecular weight excluding hydrogens is 254 g/mol. The van der Waals surface area contributed by atoms with Crippen LogP contribution >= 0.6 is 0 Å². The number of carbonyl (C=O) groups excluding carboxylic acids is 1. The summed E-state index contributed by atoms with van der Waals surface area (Å²) in [5, 5.41) is 0. The molecule has 110 valence electrons. The van der Waals surface area contributed by atoms with Crippen molar-refractivity contribution in [1.82, 2.24) is 9.80 Å². The average Bonchev–Trinajstić information content (AvgIpc) is 2.46. The SMILES string of the molecule is CN(C)C[C@@H]1OCCN(C(=O)CN)[C@H]1c1ccccc1. The number of amides is 1. The van der Waals surface area contributed by atoms with Gasteiger partial charge in [0.25, 0.3) is 0 Å². The fourth-order valence-electron chi connectivity index (χ4n) is 2.69. The van der Waals surface area contributed by atoms with E-state index in [0.717, 1.165) is 12.1 Å². The molecule has 0 aliphatic carbocycles. The Hall–Kier alpha value is -1.43. The first kappa shape index (κ1) is 15.0. The fourth-order valence-corrected chi connectivity index (χ4v) is 2.69. The zero-order valence-corrected chi connectivity index (χ0v) is 12.2. The van der Waals surface area contributed by atoms with Crippen molar-refractivity contribution in [3.05, 3.63) is 35.9 Å². The number of rotatable bonds is 4. The monoisotopic (exact) mass is 277 g/mol. The number of benzene rings is 1. The van der Waals surface area contributed by atoms with Crippen LogP contribution in [0.1, 0.15) is 11.6 Å². The fraction of sp³-hybridized carbons (Fsp3) is 0.533. The molecule has 1 fully saturated rings. The van der Waals surface area contributed by atoms with Crippen molar-refractivity contribution in [2.75, 3.05) is 40.3 Å². The molecule has 2 N–H and O–H groups in total. The maximum atomic E-state index is 12.1. The van der Waals surface area contributed by atoms with Crippen molar-refractivity contribution in [2.24, 2.45) is 5.73 Å². The van der Waals surface area contributed by atoms with E-state index in [4.69, 9.17) is 10.5 Å². The number of ether oxygens (including phenoxy) is 1. The Labute approximate surface area is 120 Å². The van der Waals surface area contributed by atoms with Crippen LogP contribution in [0, 0.1) is 0 Å². The Bertz CT molecular complexity index is 436. The highest BCUT2D eigenvalue weighted by atomic mass is 16.5. The van der Waals surface area contributed by atoms with Gasteiger partial charge in [0.05, 0.1) is 25.3 Å². The van der Waals surface area contributed by atoms with Gasteiger partial charge in [-0.25, -0.2) is 0 Å². The van der Waals surface area contributed by atoms with E-state index in [0.29, 0.717) is 13.2 Å². The van der Waals surface area contributed by atoms with Crippen LogP contribution in [0.15, 0.2) is 30.3 Å². The van der Waals surface area contributed by atoms with E-state index >= 15 is 0 Å². The third-order valence-corrected chi connectivity index (χ3v) is 3.53. The van der Waals surface area contributed by atoms with Gasteiger partial charge < -0.3 is 20.3 Å². The topological polar surface area (TPSA) is 58.8 Å². The van der Waals surface area contributed by atoms with Gasteiger partial charge in [-0.1, -0.05) is 30.3 Å². The first-order valence-corrected chi connectivity index (χ1v) is 6.94. The molecule has 5 heteroatoms. The molecule has 2 atom stereocenters. The molecular formula is C15H23N3O2. The van der Waals surface area contributed by atoms with E-state index < -0.39 is 0 Å². The standard InChI is InChI=1S/C15H23N3O2/c1-17(2)11-13-15(12-6-4-3-5-7-12)18(8-9-20-13)14(19)10-16/h3-7,13,15H,8-11,16H2,1-2H3/t13-,15-/m0/s1. The molecule has 20 heavy (non-hydrogen) atoms. The summed E-state index contributed by atoms with van der Waals surface area (Å²) in [4.78, 5) is 16.0. The summed E-state index contributed by atoms with van der Waals surface area (Å²) < 4.78 is 5.90. The molecule has 0 spiro atoms. The van der Waals surface area contributed by atoms with Crippen LogP contribution in [0.4, 0.5) is 0 Å². The Morgan fingerprint density at radius 3 is 2.70 bits per heavy atom. The van der Waals surface area contributed by atoms with Crippen LogP contribution in [0.2, 0.25) is 0 Å². The van der Waals surface area contributed by atoms with Crippen molar-refractivity contribution in [3.8, 4) is 0 Å². The van der Waals surface area contributed by atoms with E-state index in [1.165, 1.54) is 0 Å². The molecule has 1 amide bonds. The van der Waals surface area contributed by atoms with Gasteiger partial charge >= 0.3 is 0 Å². The molecule has 2 rings (SSSR count). The molecule has 0 saturated carbocycles. The van der Waals surface area contributed by atoms with E-state index in [1.807, 2.05) is 49.3 Å². The molecule has 0 unspecified atom stereocenters. The van der Waals surface area contributed by atoms with Crippen molar-refractivity contribution in [1.29, 1.82) is 0 Å². The Morgan fingerprint density at radius 1 is 1.40 bits per heavy atom. The summed E-state index contributed by atoms with van der Waals surface area (Å²) in [5.74, 6) is -0.0223. The second kappa shape index (κ2) is 6.83. The number of morpholine rings is 1. The summed E-state index contributed by atoms with van der Waals surface area (Å²) in [5.41, 5.74) is 6.65. The van der Waals surface area contributed by atoms with Crippen LogP contribution in [-0.2, 0) is 9.53 Å². The first-order chi connectivity index (χ1) is 9.63. The normalized spacial score (nSPS) is 23.1. The molecule has 1 aliphatic heterocycles. The number of carbonyl (C=O) groups is 1. The summed E-state index contributed by atoms with van der Waals surface area (Å²) in [6.07, 6.45) is -0.0309. The van der Waals surface area contributed by atoms with Crippen LogP contribution in [-0.4, -0.2) is 62.1 Å². The van der Waals surface area contributed by atoms with Crippen molar-refractivity contribution in [2.45, 2.75) is 12.1 Å². The number of nitrogens with two attached hydrogens (primary N) is 1. The predicted molar refractivity (Wildman–Crippen MR) is 78.2 cm³/mol. The molecule has 0 bridgehead atoms. The molecule has 1 aromatic rings. The number of likely N-dealkylation sites (N-methyl/N-ethyl adjacent to an activating group) is 1. The third-order valence-electron chi connectivity index (χ3n) is 3.53. The highest BCUT2D eigenvalue weighted by Crippen LogP contribution is 2.29. The maximum absolute atomic E-state index is 12.1. The van der Waals surface area contributed by atoms with Gasteiger partial charge in [0.2, 0.25) is 5.91 Å². The minimum Gasteiger partial charge on any atom is -0.373 e. The molecule has 1 aliphatic rings. The van der Waals surface area contributed by atoms with Gasteiger partial charge in [0.1, 0.15) is 0 Å². The van der Waals surface area contributed by atoms with Gasteiger partial charge in [0.15, 0.2) is 0 Å². The quantitative estimate of drug-likeness (QED) is 0.869. The average molecular weight is 277 g/mol. The molecule has 1 saturated heterocycles. The summed E-state index contributed by atoms with van der Waals surface area (Å²) >= 11 is 0. The zero-order valence-electron chi connectivity index (χ0n) is 12.2. The molecule has 1 aromatic carbocycles. The number of hydrogen-bond donors (Lipinski definition) is 1. The Balaban J connectivity index is 2.30. The second-order valence-corrected chi connectivity index (χ2v) is 5.32. The Morgan fingerprint density at radius 2 is 2.10 bits per heavy atom. The van der Waals surface area contributed by atoms with E-state index in [1.54, 1.807) is 0 Å². The van der Waals surface area contributed by atoms with Crippen LogP contribution in [0.25, 0.3) is 0 Å². The highest BCUT2D eigenvalue weighted by molar-refractivity contribution is 5.78. The summed E-state index contributed by atoms with van der Waals surface area (Å²) in [6, 6.07) is 9.97. The van der Waals surface area contributed by atoms with Gasteiger partial charge in [-0.2, -0.15) is 0 Å². The maximum Gasteiger partial charge on any atom is 0.236 e. The van der Waals surface area contributed by atoms with Crippen molar-refractivity contribution < 1.29 is 9.53 Å². The minimum atomic E-state index is -0.0663. The van der Waals surface area contributed by atoms with Gasteiger partial charge in [-0.15, -0.1) is 0 Å². The number of nitrogens with zero attached hydrogens (tertiary/aromatic N) is 2. The van der Waals surface area contributed by atoms with Crippen LogP contribution in [0.3, 0.4) is 0 Å². The molecule has 0 aromatic heterocycles. The smallest absolute Gasteiger partial charge is 0.236 e. The van der Waals surface area contributed by atoms with E-state index in [2.05, 4.69) is 4.90 Å². The third kappa shape index (κ3) is 3.36. The lowest BCUT2D eigenvalue weighted by Gasteiger charge is -2.42. The largest absolute Gasteiger partial charge is 0.373 e. The molecule has 1 heterocycles. The summed E-state index contributed by atoms with van der Waals surface area (Å²) in [6.45, 7) is 1.97. The highest BCUT2D eigenvalue weighted by Gasteiger charge is 2.35. The summed E-state index contributed by atoms with van der Waals surface area (Å²) in [7, 11) is 4.02. The second-order valence-electron chi connectivity index (χ2n) is 5.32. The van der Waals surface area contributed by atoms with Gasteiger partial charge in [0, 0.05) is 13.1 Å². The molecule has 0 radical (unpaired) electrons. The van der Waals surface area contributed by atoms with Crippen LogP contribution < -0.4 is 5.73 Å². The zero-order chi connectivity index (χ0) is 14.5. The Kier molecular flexibility index (Phi) is 5.11. The van der Waals surface area contributed by atoms with Crippen molar-refractivity contribution in [3.63, 3.8) is 0 Å². The first-order valence-electron chi connectivity index (χ1n) is 6.94. The van der Waals surface area contributed by atoms with E-state index in [-0.39, 0.29) is 24.6 Å². The van der Waals surface area contributed by atoms with Gasteiger partial charge in [-0.05, 0) is 19.7 Å². The minimum absolute atomic E-state index is 0.0223. The number of hydrogen-bond acceptors (Lipinski definition) is 4. The van der Waals surface area contributed by atoms with E-state index in [9.17, 15) is 4.79 Å².